The Kier molecular flexibility index (Phi) is 32.0. The van der Waals surface area contributed by atoms with Gasteiger partial charge in [-0.05, 0) is 201 Å². The fourth-order valence-electron chi connectivity index (χ4n) is 9.98. The number of phenols is 2. The molecule has 0 bridgehead atoms. The third kappa shape index (κ3) is 26.7. The molecule has 12 rings (SSSR count). The Morgan fingerprint density at radius 3 is 0.766 bits per heavy atom. The summed E-state index contributed by atoms with van der Waals surface area (Å²) in [6.07, 6.45) is 0. The molecule has 0 aliphatic carbocycles. The minimum absolute atomic E-state index is 0.0421. The first-order valence-electron chi connectivity index (χ1n) is 32.2. The van der Waals surface area contributed by atoms with Gasteiger partial charge in [0.15, 0.2) is 11.5 Å². The van der Waals surface area contributed by atoms with Crippen molar-refractivity contribution in [2.75, 3.05) is 32.0 Å². The molecule has 0 spiro atoms. The first-order chi connectivity index (χ1) is 53.2. The molecule has 12 aromatic carbocycles. The summed E-state index contributed by atoms with van der Waals surface area (Å²) in [5, 5.41) is 84.9. The van der Waals surface area contributed by atoms with Gasteiger partial charge in [-0.3, -0.25) is 0 Å². The van der Waals surface area contributed by atoms with Gasteiger partial charge in [0.2, 0.25) is 0 Å². The molecule has 0 amide bonds. The number of nitrogens with one attached hydrogen (secondary N) is 2. The van der Waals surface area contributed by atoms with Crippen molar-refractivity contribution in [2.24, 2.45) is 61.4 Å². The average Bonchev–Trinajstić information content (AvgIpc) is 0.804. The summed E-state index contributed by atoms with van der Waals surface area (Å²) < 4.78 is 118. The van der Waals surface area contributed by atoms with Gasteiger partial charge >= 0.3 is 42.4 Å². The van der Waals surface area contributed by atoms with Crippen LogP contribution in [-0.2, 0) is 42.4 Å². The number of phenolic OH excluding ortho intramolecular Hbond substituents is 2. The average molecular weight is 1580 g/mol. The molecule has 0 saturated carbocycles. The van der Waals surface area contributed by atoms with Crippen molar-refractivity contribution >= 4 is 155 Å². The number of azo groups is 6. The SMILES string of the molecule is COc1cc(N=Nc2cc(C)c(N=Nc3ccccc3)cc2C)c(C)cc1N=Nc1ccc2cc(Nc3ccccc3)ccc2c1O.COc1cc(N=Nc2ccccc2)c(C)cc1N=Nc1cc(OC)c(N=Nc2ccc3cc(Nc4ccccc4)ccc3c2O)cc1C.O=S(=O)=O.O=S(=O)=O.O=S(=O)=O.O=S(=O)=O. The Balaban J connectivity index is 0.000000258. The number of rotatable bonds is 19. The van der Waals surface area contributed by atoms with E-state index in [1.54, 1.807) is 51.7 Å². The lowest BCUT2D eigenvalue weighted by Gasteiger charge is -2.10. The van der Waals surface area contributed by atoms with Crippen molar-refractivity contribution in [3.8, 4) is 28.7 Å². The molecule has 111 heavy (non-hydrogen) atoms. The summed E-state index contributed by atoms with van der Waals surface area (Å²) in [5.41, 5.74) is 15.4. The summed E-state index contributed by atoms with van der Waals surface area (Å²) in [5.74, 6) is 1.54. The first kappa shape index (κ1) is 84.1. The maximum Gasteiger partial charge on any atom is 0.425 e. The van der Waals surface area contributed by atoms with Crippen molar-refractivity contribution < 1.29 is 74.9 Å². The highest BCUT2D eigenvalue weighted by atomic mass is 32.2. The van der Waals surface area contributed by atoms with Gasteiger partial charge in [0.05, 0.1) is 61.1 Å². The number of nitrogens with zero attached hydrogens (tertiary/aromatic N) is 12. The lowest BCUT2D eigenvalue weighted by atomic mass is 10.1. The Bertz CT molecular complexity index is 5870. The van der Waals surface area contributed by atoms with Gasteiger partial charge in [-0.15, -0.1) is 76.1 Å². The second-order valence-electron chi connectivity index (χ2n) is 22.8. The number of hydrogen-bond donors (Lipinski definition) is 4. The molecule has 0 radical (unpaired) electrons. The van der Waals surface area contributed by atoms with Gasteiger partial charge in [0.25, 0.3) is 0 Å². The van der Waals surface area contributed by atoms with Crippen molar-refractivity contribution in [3.05, 3.63) is 258 Å². The van der Waals surface area contributed by atoms with E-state index in [2.05, 4.69) is 72.0 Å². The van der Waals surface area contributed by atoms with Crippen molar-refractivity contribution in [1.29, 1.82) is 0 Å². The van der Waals surface area contributed by atoms with Crippen molar-refractivity contribution in [1.82, 2.24) is 0 Å². The van der Waals surface area contributed by atoms with Gasteiger partial charge < -0.3 is 35.1 Å². The topological polar surface area (TPSA) is 445 Å². The number of aryl methyl sites for hydroxylation is 5. The highest BCUT2D eigenvalue weighted by molar-refractivity contribution is 7.59. The Labute approximate surface area is 641 Å². The highest BCUT2D eigenvalue weighted by Crippen LogP contribution is 2.44. The summed E-state index contributed by atoms with van der Waals surface area (Å²) in [7, 11) is -7.76. The minimum Gasteiger partial charge on any atom is -0.505 e. The fraction of sp³-hybridized carbons (Fsp3) is 0.105. The maximum atomic E-state index is 11.0. The number of anilines is 4. The number of methoxy groups -OCH3 is 3. The van der Waals surface area contributed by atoms with Gasteiger partial charge in [-0.2, -0.15) is 35.8 Å². The molecule has 4 N–H and O–H groups in total. The molecular formula is C76H66N14O17S4. The van der Waals surface area contributed by atoms with Crippen molar-refractivity contribution in [3.63, 3.8) is 0 Å². The Morgan fingerprint density at radius 2 is 0.486 bits per heavy atom. The van der Waals surface area contributed by atoms with E-state index in [4.69, 9.17) is 64.7 Å². The van der Waals surface area contributed by atoms with Crippen LogP contribution in [-0.4, -0.2) is 82.0 Å². The number of para-hydroxylation sites is 2. The van der Waals surface area contributed by atoms with Gasteiger partial charge in [-0.25, -0.2) is 0 Å². The van der Waals surface area contributed by atoms with Crippen LogP contribution in [0.3, 0.4) is 0 Å². The molecule has 0 fully saturated rings. The molecule has 566 valence electrons. The van der Waals surface area contributed by atoms with Crippen LogP contribution in [0.1, 0.15) is 27.8 Å². The van der Waals surface area contributed by atoms with Gasteiger partial charge in [0.1, 0.15) is 45.7 Å². The Morgan fingerprint density at radius 1 is 0.252 bits per heavy atom. The molecule has 31 nitrogen and oxygen atoms in total. The van der Waals surface area contributed by atoms with Crippen LogP contribution in [0.15, 0.2) is 292 Å². The lowest BCUT2D eigenvalue weighted by molar-refractivity contribution is 0.415. The van der Waals surface area contributed by atoms with Crippen LogP contribution in [0.2, 0.25) is 0 Å². The molecule has 0 heterocycles. The van der Waals surface area contributed by atoms with Gasteiger partial charge in [-0.1, -0.05) is 84.9 Å². The van der Waals surface area contributed by atoms with E-state index in [-0.39, 0.29) is 11.5 Å². The predicted molar refractivity (Wildman–Crippen MR) is 417 cm³/mol. The zero-order chi connectivity index (χ0) is 80.5. The predicted octanol–water partition coefficient (Wildman–Crippen LogP) is 20.6. The number of fused-ring (bicyclic) bond motifs is 2. The van der Waals surface area contributed by atoms with E-state index in [1.165, 1.54) is 0 Å². The summed E-state index contributed by atoms with van der Waals surface area (Å²) in [6, 6.07) is 72.5. The normalized spacial score (nSPS) is 10.8. The monoisotopic (exact) mass is 1570 g/mol. The van der Waals surface area contributed by atoms with Crippen molar-refractivity contribution in [2.45, 2.75) is 34.6 Å². The van der Waals surface area contributed by atoms with Crippen LogP contribution in [0.5, 0.6) is 28.7 Å². The quantitative estimate of drug-likeness (QED) is 0.0546. The van der Waals surface area contributed by atoms with Crippen LogP contribution < -0.4 is 24.8 Å². The molecule has 0 saturated heterocycles. The van der Waals surface area contributed by atoms with Crippen LogP contribution in [0.25, 0.3) is 21.5 Å². The first-order valence-corrected chi connectivity index (χ1v) is 36.2. The maximum absolute atomic E-state index is 11.0. The summed E-state index contributed by atoms with van der Waals surface area (Å²) in [6.45, 7) is 9.69. The van der Waals surface area contributed by atoms with E-state index >= 15 is 0 Å². The standard InChI is InChI=1S/C38H33N7O3.C38H33N7O2.4O3S/c1-24-19-35(36(47-3)22-32(24)42-40-28-13-9-6-10-14-28)45-43-33-23-37(48-4)34(20-25(33)2)44-41-31-18-15-26-21-29(16-17-30(26)38(31)46)39-27-11-7-5-8-12-27;1-24-20-34(25(2)19-33(24)42-40-29-13-9-6-10-14-29)43-44-35-23-37(47-4)36(21-26(35)3)45-41-32-18-15-27-22-30(16-17-31(27)38(32)46)39-28-11-7-5-8-12-28;4*1-4(2)3/h5-23,39,46H,1-4H3;5-23,39,46H,1-4H3;;;;. The lowest BCUT2D eigenvalue weighted by Crippen LogP contribution is -1.89. The number of benzene rings is 12. The molecule has 35 heteroatoms. The molecule has 0 aromatic heterocycles. The molecular weight excluding hydrogens is 1510 g/mol. The zero-order valence-corrected chi connectivity index (χ0v) is 63.2. The summed E-state index contributed by atoms with van der Waals surface area (Å²) >= 11 is 0. The smallest absolute Gasteiger partial charge is 0.425 e. The van der Waals surface area contributed by atoms with E-state index in [9.17, 15) is 10.2 Å². The molecule has 0 aliphatic heterocycles. The molecule has 0 unspecified atom stereocenters. The van der Waals surface area contributed by atoms with E-state index < -0.39 is 42.4 Å². The number of hydrogen-bond acceptors (Lipinski definition) is 31. The minimum atomic E-state index is -3.11. The zero-order valence-electron chi connectivity index (χ0n) is 60.0. The van der Waals surface area contributed by atoms with Crippen LogP contribution in [0, 0.1) is 34.6 Å². The number of ether oxygens (including phenoxy) is 3. The molecule has 12 aromatic rings. The van der Waals surface area contributed by atoms with Crippen LogP contribution in [0.4, 0.5) is 91.0 Å². The highest BCUT2D eigenvalue weighted by Gasteiger charge is 2.16. The van der Waals surface area contributed by atoms with Crippen LogP contribution >= 0.6 is 0 Å². The summed E-state index contributed by atoms with van der Waals surface area (Å²) in [4.78, 5) is 0. The molecule has 0 atom stereocenters. The largest absolute Gasteiger partial charge is 0.505 e. The third-order valence-electron chi connectivity index (χ3n) is 15.2. The molecule has 0 aliphatic rings. The fourth-order valence-corrected chi connectivity index (χ4v) is 9.98. The second kappa shape index (κ2) is 42.3. The second-order valence-corrected chi connectivity index (χ2v) is 24.4. The van der Waals surface area contributed by atoms with E-state index in [1.807, 2.05) is 235 Å². The van der Waals surface area contributed by atoms with Gasteiger partial charge in [0, 0.05) is 51.7 Å². The Hall–Kier alpha value is -14.2. The number of aromatic hydroxyl groups is 2. The van der Waals surface area contributed by atoms with E-state index in [0.717, 1.165) is 84.1 Å². The third-order valence-corrected chi connectivity index (χ3v) is 15.2. The van der Waals surface area contributed by atoms with E-state index in [0.29, 0.717) is 73.5 Å².